The normalized spacial score (nSPS) is 15.7. The molecule has 1 aliphatic rings. The number of hydrogen-bond donors (Lipinski definition) is 2. The highest BCUT2D eigenvalue weighted by Gasteiger charge is 2.32. The van der Waals surface area contributed by atoms with Crippen molar-refractivity contribution in [2.75, 3.05) is 6.54 Å². The molecule has 5 heteroatoms. The summed E-state index contributed by atoms with van der Waals surface area (Å²) in [6, 6.07) is 9.62. The highest BCUT2D eigenvalue weighted by Crippen LogP contribution is 2.32. The maximum absolute atomic E-state index is 12.1. The molecular formula is C16H19N3O2. The van der Waals surface area contributed by atoms with Gasteiger partial charge in [-0.15, -0.1) is 0 Å². The molecule has 0 bridgehead atoms. The molecule has 1 heterocycles. The van der Waals surface area contributed by atoms with E-state index >= 15 is 0 Å². The standard InChI is InChI=1S/C16H19N3O2/c1-10-2-4-11(5-3-10)13-8-15(21-19-13)16(20)18-14(9-17)12-6-7-12/h2-5,8,12,14H,6-7,9,17H2,1H3,(H,18,20). The Bertz CT molecular complexity index is 629. The molecule has 0 spiro atoms. The molecule has 0 saturated heterocycles. The fourth-order valence-corrected chi connectivity index (χ4v) is 2.35. The monoisotopic (exact) mass is 285 g/mol. The lowest BCUT2D eigenvalue weighted by atomic mass is 10.1. The van der Waals surface area contributed by atoms with Crippen molar-refractivity contribution in [1.82, 2.24) is 10.5 Å². The molecule has 1 fully saturated rings. The van der Waals surface area contributed by atoms with Crippen molar-refractivity contribution >= 4 is 5.91 Å². The number of nitrogens with two attached hydrogens (primary N) is 1. The molecule has 1 aromatic heterocycles. The molecule has 3 N–H and O–H groups in total. The van der Waals surface area contributed by atoms with E-state index in [4.69, 9.17) is 10.3 Å². The zero-order valence-electron chi connectivity index (χ0n) is 12.0. The first-order valence-corrected chi connectivity index (χ1v) is 7.22. The van der Waals surface area contributed by atoms with E-state index in [2.05, 4.69) is 10.5 Å². The van der Waals surface area contributed by atoms with Crippen molar-refractivity contribution in [1.29, 1.82) is 0 Å². The molecule has 0 aliphatic heterocycles. The smallest absolute Gasteiger partial charge is 0.290 e. The molecule has 1 saturated carbocycles. The van der Waals surface area contributed by atoms with E-state index < -0.39 is 0 Å². The minimum atomic E-state index is -0.247. The van der Waals surface area contributed by atoms with Crippen molar-refractivity contribution in [3.63, 3.8) is 0 Å². The summed E-state index contributed by atoms with van der Waals surface area (Å²) in [5, 5.41) is 6.88. The number of nitrogens with zero attached hydrogens (tertiary/aromatic N) is 1. The third-order valence-corrected chi connectivity index (χ3v) is 3.84. The summed E-state index contributed by atoms with van der Waals surface area (Å²) in [5.41, 5.74) is 8.46. The van der Waals surface area contributed by atoms with Crippen LogP contribution in [0.15, 0.2) is 34.9 Å². The third kappa shape index (κ3) is 3.13. The van der Waals surface area contributed by atoms with Crippen LogP contribution in [-0.2, 0) is 0 Å². The van der Waals surface area contributed by atoms with Gasteiger partial charge in [-0.1, -0.05) is 35.0 Å². The largest absolute Gasteiger partial charge is 0.350 e. The van der Waals surface area contributed by atoms with Crippen LogP contribution in [0.4, 0.5) is 0 Å². The summed E-state index contributed by atoms with van der Waals surface area (Å²) >= 11 is 0. The number of carbonyl (C=O) groups excluding carboxylic acids is 1. The van der Waals surface area contributed by atoms with E-state index in [1.165, 1.54) is 5.56 Å². The zero-order valence-corrected chi connectivity index (χ0v) is 12.0. The molecule has 1 aliphatic carbocycles. The van der Waals surface area contributed by atoms with Crippen molar-refractivity contribution in [3.05, 3.63) is 41.7 Å². The molecule has 2 aromatic rings. The second-order valence-corrected chi connectivity index (χ2v) is 5.60. The van der Waals surface area contributed by atoms with Gasteiger partial charge in [0.25, 0.3) is 5.91 Å². The Balaban J connectivity index is 1.71. The summed E-state index contributed by atoms with van der Waals surface area (Å²) in [6.45, 7) is 2.48. The van der Waals surface area contributed by atoms with Crippen LogP contribution in [0.25, 0.3) is 11.3 Å². The van der Waals surface area contributed by atoms with Crippen molar-refractivity contribution in [3.8, 4) is 11.3 Å². The Hall–Kier alpha value is -2.14. The van der Waals surface area contributed by atoms with E-state index in [-0.39, 0.29) is 17.7 Å². The van der Waals surface area contributed by atoms with E-state index in [0.29, 0.717) is 18.2 Å². The van der Waals surface area contributed by atoms with Crippen LogP contribution >= 0.6 is 0 Å². The Kier molecular flexibility index (Phi) is 3.75. The predicted molar refractivity (Wildman–Crippen MR) is 79.7 cm³/mol. The number of nitrogens with one attached hydrogen (secondary N) is 1. The summed E-state index contributed by atoms with van der Waals surface area (Å²) in [4.78, 5) is 12.1. The van der Waals surface area contributed by atoms with Gasteiger partial charge in [-0.25, -0.2) is 0 Å². The summed E-state index contributed by atoms with van der Waals surface area (Å²) < 4.78 is 5.15. The van der Waals surface area contributed by atoms with Crippen molar-refractivity contribution in [2.24, 2.45) is 11.7 Å². The van der Waals surface area contributed by atoms with Gasteiger partial charge in [0.1, 0.15) is 5.69 Å². The summed E-state index contributed by atoms with van der Waals surface area (Å²) in [7, 11) is 0. The van der Waals surface area contributed by atoms with Crippen molar-refractivity contribution in [2.45, 2.75) is 25.8 Å². The Morgan fingerprint density at radius 2 is 2.14 bits per heavy atom. The molecule has 1 aromatic carbocycles. The molecule has 21 heavy (non-hydrogen) atoms. The fraction of sp³-hybridized carbons (Fsp3) is 0.375. The van der Waals surface area contributed by atoms with Gasteiger partial charge in [0.15, 0.2) is 0 Å². The fourth-order valence-electron chi connectivity index (χ4n) is 2.35. The van der Waals surface area contributed by atoms with Gasteiger partial charge in [0, 0.05) is 24.2 Å². The molecule has 3 rings (SSSR count). The number of amides is 1. The molecular weight excluding hydrogens is 266 g/mol. The van der Waals surface area contributed by atoms with Gasteiger partial charge in [0.05, 0.1) is 0 Å². The second-order valence-electron chi connectivity index (χ2n) is 5.60. The van der Waals surface area contributed by atoms with Crippen LogP contribution < -0.4 is 11.1 Å². The lowest BCUT2D eigenvalue weighted by molar-refractivity contribution is 0.0896. The Morgan fingerprint density at radius 3 is 2.76 bits per heavy atom. The maximum atomic E-state index is 12.1. The zero-order chi connectivity index (χ0) is 14.8. The average Bonchev–Trinajstić information content (AvgIpc) is 3.21. The summed E-state index contributed by atoms with van der Waals surface area (Å²) in [6.07, 6.45) is 2.26. The highest BCUT2D eigenvalue weighted by atomic mass is 16.5. The molecule has 1 unspecified atom stereocenters. The van der Waals surface area contributed by atoms with Gasteiger partial charge in [-0.2, -0.15) is 0 Å². The van der Waals surface area contributed by atoms with Crippen LogP contribution in [-0.4, -0.2) is 23.7 Å². The number of benzene rings is 1. The first kappa shape index (κ1) is 13.8. The number of rotatable bonds is 5. The highest BCUT2D eigenvalue weighted by molar-refractivity contribution is 5.92. The van der Waals surface area contributed by atoms with Gasteiger partial charge in [-0.05, 0) is 25.7 Å². The Labute approximate surface area is 123 Å². The SMILES string of the molecule is Cc1ccc(-c2cc(C(=O)NC(CN)C3CC3)on2)cc1. The van der Waals surface area contributed by atoms with Crippen LogP contribution in [0, 0.1) is 12.8 Å². The topological polar surface area (TPSA) is 81.2 Å². The minimum absolute atomic E-state index is 0.0328. The molecule has 0 radical (unpaired) electrons. The van der Waals surface area contributed by atoms with Gasteiger partial charge >= 0.3 is 0 Å². The van der Waals surface area contributed by atoms with Crippen LogP contribution in [0.1, 0.15) is 29.0 Å². The van der Waals surface area contributed by atoms with Gasteiger partial charge in [0.2, 0.25) is 5.76 Å². The van der Waals surface area contributed by atoms with E-state index in [1.54, 1.807) is 6.07 Å². The third-order valence-electron chi connectivity index (χ3n) is 3.84. The van der Waals surface area contributed by atoms with E-state index in [1.807, 2.05) is 31.2 Å². The molecule has 1 atom stereocenters. The second kappa shape index (κ2) is 5.69. The van der Waals surface area contributed by atoms with Crippen molar-refractivity contribution < 1.29 is 9.32 Å². The number of carbonyl (C=O) groups is 1. The predicted octanol–water partition coefficient (Wildman–Crippen LogP) is 2.12. The van der Waals surface area contributed by atoms with E-state index in [9.17, 15) is 4.79 Å². The first-order valence-electron chi connectivity index (χ1n) is 7.22. The molecule has 1 amide bonds. The number of hydrogen-bond acceptors (Lipinski definition) is 4. The first-order chi connectivity index (χ1) is 10.2. The maximum Gasteiger partial charge on any atom is 0.290 e. The van der Waals surface area contributed by atoms with Crippen LogP contribution in [0.5, 0.6) is 0 Å². The van der Waals surface area contributed by atoms with Gasteiger partial charge in [-0.3, -0.25) is 4.79 Å². The van der Waals surface area contributed by atoms with E-state index in [0.717, 1.165) is 18.4 Å². The molecule has 110 valence electrons. The quantitative estimate of drug-likeness (QED) is 0.881. The number of aromatic nitrogens is 1. The summed E-state index contributed by atoms with van der Waals surface area (Å²) in [5.74, 6) is 0.492. The number of aryl methyl sites for hydroxylation is 1. The lowest BCUT2D eigenvalue weighted by Crippen LogP contribution is -2.41. The van der Waals surface area contributed by atoms with Gasteiger partial charge < -0.3 is 15.6 Å². The van der Waals surface area contributed by atoms with Crippen LogP contribution in [0.3, 0.4) is 0 Å². The minimum Gasteiger partial charge on any atom is -0.350 e. The van der Waals surface area contributed by atoms with Crippen LogP contribution in [0.2, 0.25) is 0 Å². The lowest BCUT2D eigenvalue weighted by Gasteiger charge is -2.14. The molecule has 5 nitrogen and oxygen atoms in total. The average molecular weight is 285 g/mol. The Morgan fingerprint density at radius 1 is 1.43 bits per heavy atom.